The Hall–Kier alpha value is -0.470. The van der Waals surface area contributed by atoms with Crippen LogP contribution in [0.1, 0.15) is 49.3 Å². The Balaban J connectivity index is 0.00000169. The molecule has 0 aliphatic carbocycles. The van der Waals surface area contributed by atoms with Crippen molar-refractivity contribution < 1.29 is 4.42 Å². The fraction of sp³-hybridized carbons (Fsp3) is 0.636. The first-order valence-corrected chi connectivity index (χ1v) is 4.97. The van der Waals surface area contributed by atoms with Gasteiger partial charge < -0.3 is 10.2 Å². The highest BCUT2D eigenvalue weighted by Crippen LogP contribution is 2.21. The Kier molecular flexibility index (Phi) is 5.89. The van der Waals surface area contributed by atoms with Gasteiger partial charge in [-0.1, -0.05) is 19.8 Å². The van der Waals surface area contributed by atoms with Gasteiger partial charge >= 0.3 is 0 Å². The van der Waals surface area contributed by atoms with Crippen molar-refractivity contribution in [1.82, 2.24) is 0 Å². The second kappa shape index (κ2) is 6.10. The second-order valence-electron chi connectivity index (χ2n) is 3.64. The number of aryl methyl sites for hydroxylation is 2. The highest BCUT2D eigenvalue weighted by Gasteiger charge is 2.11. The van der Waals surface area contributed by atoms with Crippen molar-refractivity contribution in [2.75, 3.05) is 0 Å². The fourth-order valence-electron chi connectivity index (χ4n) is 1.35. The summed E-state index contributed by atoms with van der Waals surface area (Å²) in [5.74, 6) is 1.92. The predicted molar refractivity (Wildman–Crippen MR) is 61.9 cm³/mol. The first-order valence-electron chi connectivity index (χ1n) is 4.97. The number of hydrogen-bond donors (Lipinski definition) is 1. The van der Waals surface area contributed by atoms with Gasteiger partial charge in [-0.3, -0.25) is 0 Å². The second-order valence-corrected chi connectivity index (χ2v) is 3.64. The molecule has 82 valence electrons. The molecule has 2 nitrogen and oxygen atoms in total. The summed E-state index contributed by atoms with van der Waals surface area (Å²) in [7, 11) is 0. The molecule has 0 amide bonds. The van der Waals surface area contributed by atoms with E-state index >= 15 is 0 Å². The molecule has 14 heavy (non-hydrogen) atoms. The van der Waals surface area contributed by atoms with Gasteiger partial charge in [0.1, 0.15) is 11.5 Å². The Morgan fingerprint density at radius 3 is 2.50 bits per heavy atom. The number of unbranched alkanes of at least 4 members (excludes halogenated alkanes) is 1. The first kappa shape index (κ1) is 13.5. The predicted octanol–water partition coefficient (Wildman–Crippen LogP) is 3.51. The molecule has 0 aromatic carbocycles. The van der Waals surface area contributed by atoms with Gasteiger partial charge in [0.15, 0.2) is 0 Å². The van der Waals surface area contributed by atoms with Crippen molar-refractivity contribution >= 4 is 12.4 Å². The maximum absolute atomic E-state index is 5.97. The monoisotopic (exact) mass is 217 g/mol. The molecule has 1 aromatic heterocycles. The average molecular weight is 218 g/mol. The van der Waals surface area contributed by atoms with Crippen LogP contribution in [0.4, 0.5) is 0 Å². The summed E-state index contributed by atoms with van der Waals surface area (Å²) in [6, 6.07) is 2.13. The molecule has 0 aliphatic rings. The van der Waals surface area contributed by atoms with Crippen molar-refractivity contribution in [2.45, 2.75) is 46.1 Å². The lowest BCUT2D eigenvalue weighted by Crippen LogP contribution is -2.08. The van der Waals surface area contributed by atoms with E-state index in [1.54, 1.807) is 0 Å². The molecule has 1 heterocycles. The minimum absolute atomic E-state index is 0. The molecule has 0 bridgehead atoms. The Morgan fingerprint density at radius 1 is 1.43 bits per heavy atom. The summed E-state index contributed by atoms with van der Waals surface area (Å²) < 4.78 is 5.55. The number of hydrogen-bond acceptors (Lipinski definition) is 2. The molecule has 0 saturated heterocycles. The topological polar surface area (TPSA) is 39.2 Å². The third kappa shape index (κ3) is 3.35. The van der Waals surface area contributed by atoms with Gasteiger partial charge in [-0.2, -0.15) is 0 Å². The van der Waals surface area contributed by atoms with Crippen molar-refractivity contribution in [3.63, 3.8) is 0 Å². The quantitative estimate of drug-likeness (QED) is 0.839. The average Bonchev–Trinajstić information content (AvgIpc) is 2.43. The molecule has 2 N–H and O–H groups in total. The van der Waals surface area contributed by atoms with Crippen LogP contribution in [0.5, 0.6) is 0 Å². The zero-order valence-corrected chi connectivity index (χ0v) is 9.99. The molecule has 3 heteroatoms. The third-order valence-electron chi connectivity index (χ3n) is 2.42. The first-order chi connectivity index (χ1) is 6.15. The summed E-state index contributed by atoms with van der Waals surface area (Å²) in [5, 5.41) is 0. The third-order valence-corrected chi connectivity index (χ3v) is 2.42. The van der Waals surface area contributed by atoms with Crippen LogP contribution in [0.2, 0.25) is 0 Å². The molecule has 0 unspecified atom stereocenters. The Morgan fingerprint density at radius 2 is 2.07 bits per heavy atom. The normalized spacial score (nSPS) is 12.3. The van der Waals surface area contributed by atoms with Crippen LogP contribution in [-0.4, -0.2) is 0 Å². The van der Waals surface area contributed by atoms with Gasteiger partial charge in [0.05, 0.1) is 6.04 Å². The lowest BCUT2D eigenvalue weighted by Gasteiger charge is -2.06. The van der Waals surface area contributed by atoms with Crippen molar-refractivity contribution in [1.29, 1.82) is 0 Å². The molecule has 0 saturated carbocycles. The minimum Gasteiger partial charge on any atom is -0.464 e. The maximum Gasteiger partial charge on any atom is 0.121 e. The molecular weight excluding hydrogens is 198 g/mol. The van der Waals surface area contributed by atoms with E-state index < -0.39 is 0 Å². The minimum atomic E-state index is 0. The number of furan rings is 1. The van der Waals surface area contributed by atoms with Crippen LogP contribution < -0.4 is 5.73 Å². The number of rotatable bonds is 4. The van der Waals surface area contributed by atoms with Crippen LogP contribution in [-0.2, 0) is 0 Å². The van der Waals surface area contributed by atoms with E-state index in [1.165, 1.54) is 18.4 Å². The van der Waals surface area contributed by atoms with E-state index in [0.29, 0.717) is 0 Å². The largest absolute Gasteiger partial charge is 0.464 e. The number of halogens is 1. The molecule has 0 radical (unpaired) electrons. The molecule has 1 aromatic rings. The highest BCUT2D eigenvalue weighted by molar-refractivity contribution is 5.85. The molecule has 1 atom stereocenters. The number of nitrogens with two attached hydrogens (primary N) is 1. The van der Waals surface area contributed by atoms with E-state index in [1.807, 2.05) is 6.92 Å². The Labute approximate surface area is 92.3 Å². The molecule has 0 fully saturated rings. The van der Waals surface area contributed by atoms with Gasteiger partial charge in [0, 0.05) is 0 Å². The molecular formula is C11H20ClNO. The highest BCUT2D eigenvalue weighted by atomic mass is 35.5. The van der Waals surface area contributed by atoms with Crippen LogP contribution >= 0.6 is 12.4 Å². The molecule has 0 aliphatic heterocycles. The van der Waals surface area contributed by atoms with Crippen LogP contribution in [0.3, 0.4) is 0 Å². The summed E-state index contributed by atoms with van der Waals surface area (Å²) in [6.45, 7) is 6.20. The van der Waals surface area contributed by atoms with Crippen molar-refractivity contribution in [3.05, 3.63) is 23.2 Å². The van der Waals surface area contributed by atoms with Crippen LogP contribution in [0.25, 0.3) is 0 Å². The fourth-order valence-corrected chi connectivity index (χ4v) is 1.35. The summed E-state index contributed by atoms with van der Waals surface area (Å²) in [4.78, 5) is 0. The lowest BCUT2D eigenvalue weighted by atomic mass is 10.1. The summed E-state index contributed by atoms with van der Waals surface area (Å²) >= 11 is 0. The SMILES string of the molecule is CCCC[C@H](N)c1cc(C)c(C)o1.Cl. The lowest BCUT2D eigenvalue weighted by molar-refractivity contribution is 0.427. The van der Waals surface area contributed by atoms with E-state index in [-0.39, 0.29) is 18.4 Å². The van der Waals surface area contributed by atoms with E-state index in [4.69, 9.17) is 10.2 Å². The molecule has 1 rings (SSSR count). The van der Waals surface area contributed by atoms with Crippen molar-refractivity contribution in [2.24, 2.45) is 5.73 Å². The van der Waals surface area contributed by atoms with Crippen molar-refractivity contribution in [3.8, 4) is 0 Å². The van der Waals surface area contributed by atoms with E-state index in [0.717, 1.165) is 17.9 Å². The van der Waals surface area contributed by atoms with Crippen LogP contribution in [0, 0.1) is 13.8 Å². The van der Waals surface area contributed by atoms with E-state index in [2.05, 4.69) is 19.9 Å². The van der Waals surface area contributed by atoms with Crippen LogP contribution in [0.15, 0.2) is 10.5 Å². The summed E-state index contributed by atoms with van der Waals surface area (Å²) in [6.07, 6.45) is 3.37. The zero-order valence-electron chi connectivity index (χ0n) is 9.17. The Bertz CT molecular complexity index is 251. The van der Waals surface area contributed by atoms with Gasteiger partial charge in [-0.15, -0.1) is 12.4 Å². The maximum atomic E-state index is 5.97. The van der Waals surface area contributed by atoms with E-state index in [9.17, 15) is 0 Å². The van der Waals surface area contributed by atoms with Gasteiger partial charge in [-0.05, 0) is 31.9 Å². The zero-order chi connectivity index (χ0) is 9.84. The standard InChI is InChI=1S/C11H19NO.ClH/c1-4-5-6-10(12)11-7-8(2)9(3)13-11;/h7,10H,4-6,12H2,1-3H3;1H/t10-;/m0./s1. The molecule has 0 spiro atoms. The van der Waals surface area contributed by atoms with Gasteiger partial charge in [0.25, 0.3) is 0 Å². The smallest absolute Gasteiger partial charge is 0.121 e. The van der Waals surface area contributed by atoms with Gasteiger partial charge in [0.2, 0.25) is 0 Å². The van der Waals surface area contributed by atoms with Gasteiger partial charge in [-0.25, -0.2) is 0 Å². The summed E-state index contributed by atoms with van der Waals surface area (Å²) in [5.41, 5.74) is 7.17.